The largest absolute Gasteiger partial charge is 0.312 e. The summed E-state index contributed by atoms with van der Waals surface area (Å²) in [6, 6.07) is 8.22. The molecule has 0 radical (unpaired) electrons. The van der Waals surface area contributed by atoms with Crippen LogP contribution in [0.25, 0.3) is 0 Å². The summed E-state index contributed by atoms with van der Waals surface area (Å²) >= 11 is 0. The van der Waals surface area contributed by atoms with Crippen molar-refractivity contribution < 1.29 is 13.2 Å². The highest BCUT2D eigenvalue weighted by Crippen LogP contribution is 2.30. The SMILES string of the molecule is CC(=O)N1CCc2cc(S(=O)(=O)Nc3ccc(C)cn3)ccc21. The summed E-state index contributed by atoms with van der Waals surface area (Å²) in [6.45, 7) is 3.97. The van der Waals surface area contributed by atoms with Gasteiger partial charge in [0.05, 0.1) is 4.90 Å². The minimum absolute atomic E-state index is 0.0404. The molecule has 6 nitrogen and oxygen atoms in total. The fourth-order valence-corrected chi connectivity index (χ4v) is 3.66. The Hall–Kier alpha value is -2.41. The Morgan fingerprint density at radius 2 is 2.04 bits per heavy atom. The van der Waals surface area contributed by atoms with E-state index in [9.17, 15) is 13.2 Å². The van der Waals surface area contributed by atoms with E-state index in [2.05, 4.69) is 9.71 Å². The van der Waals surface area contributed by atoms with E-state index in [4.69, 9.17) is 0 Å². The van der Waals surface area contributed by atoms with Crippen molar-refractivity contribution in [2.24, 2.45) is 0 Å². The van der Waals surface area contributed by atoms with Gasteiger partial charge in [-0.25, -0.2) is 13.4 Å². The number of sulfonamides is 1. The van der Waals surface area contributed by atoms with E-state index in [1.165, 1.54) is 13.0 Å². The highest BCUT2D eigenvalue weighted by Gasteiger charge is 2.24. The molecule has 2 aromatic rings. The summed E-state index contributed by atoms with van der Waals surface area (Å²) in [6.07, 6.45) is 2.26. The van der Waals surface area contributed by atoms with Gasteiger partial charge >= 0.3 is 0 Å². The quantitative estimate of drug-likeness (QED) is 0.934. The van der Waals surface area contributed by atoms with Crippen molar-refractivity contribution in [1.82, 2.24) is 4.98 Å². The molecule has 0 spiro atoms. The van der Waals surface area contributed by atoms with E-state index in [1.54, 1.807) is 35.4 Å². The first-order valence-corrected chi connectivity index (χ1v) is 8.72. The number of hydrogen-bond acceptors (Lipinski definition) is 4. The summed E-state index contributed by atoms with van der Waals surface area (Å²) in [5.74, 6) is 0.239. The number of pyridine rings is 1. The van der Waals surface area contributed by atoms with E-state index in [0.29, 0.717) is 13.0 Å². The number of aromatic nitrogens is 1. The van der Waals surface area contributed by atoms with Crippen LogP contribution < -0.4 is 9.62 Å². The summed E-state index contributed by atoms with van der Waals surface area (Å²) in [7, 11) is -3.70. The summed E-state index contributed by atoms with van der Waals surface area (Å²) in [4.78, 5) is 17.4. The van der Waals surface area contributed by atoms with E-state index >= 15 is 0 Å². The molecule has 2 heterocycles. The molecule has 0 aliphatic carbocycles. The van der Waals surface area contributed by atoms with Gasteiger partial charge in [-0.2, -0.15) is 0 Å². The van der Waals surface area contributed by atoms with Crippen molar-refractivity contribution in [3.8, 4) is 0 Å². The normalized spacial score (nSPS) is 13.7. The molecule has 1 aromatic carbocycles. The molecule has 0 bridgehead atoms. The van der Waals surface area contributed by atoms with Crippen LogP contribution in [0.1, 0.15) is 18.1 Å². The standard InChI is InChI=1S/C16H17N3O3S/c1-11-3-6-16(17-10-11)18-23(21,22)14-4-5-15-13(9-14)7-8-19(15)12(2)20/h3-6,9-10H,7-8H2,1-2H3,(H,17,18). The molecule has 0 fully saturated rings. The highest BCUT2D eigenvalue weighted by atomic mass is 32.2. The average molecular weight is 331 g/mol. The first-order chi connectivity index (χ1) is 10.9. The van der Waals surface area contributed by atoms with Crippen LogP contribution in [0.3, 0.4) is 0 Å². The van der Waals surface area contributed by atoms with Crippen LogP contribution in [-0.2, 0) is 21.2 Å². The molecule has 0 saturated carbocycles. The fraction of sp³-hybridized carbons (Fsp3) is 0.250. The van der Waals surface area contributed by atoms with Crippen molar-refractivity contribution >= 4 is 27.4 Å². The molecule has 1 aromatic heterocycles. The lowest BCUT2D eigenvalue weighted by atomic mass is 10.2. The number of anilines is 2. The van der Waals surface area contributed by atoms with Gasteiger partial charge in [-0.3, -0.25) is 9.52 Å². The minimum Gasteiger partial charge on any atom is -0.312 e. The minimum atomic E-state index is -3.70. The second-order valence-corrected chi connectivity index (χ2v) is 7.22. The van der Waals surface area contributed by atoms with Gasteiger partial charge in [0.25, 0.3) is 10.0 Å². The predicted octanol–water partition coefficient (Wildman–Crippen LogP) is 2.10. The molecule has 3 rings (SSSR count). The molecule has 0 unspecified atom stereocenters. The number of nitrogens with zero attached hydrogens (tertiary/aromatic N) is 2. The molecular weight excluding hydrogens is 314 g/mol. The molecule has 0 saturated heterocycles. The van der Waals surface area contributed by atoms with Gasteiger partial charge in [0, 0.05) is 25.4 Å². The number of rotatable bonds is 3. The lowest BCUT2D eigenvalue weighted by Gasteiger charge is -2.15. The Morgan fingerprint density at radius 1 is 1.26 bits per heavy atom. The van der Waals surface area contributed by atoms with Crippen molar-refractivity contribution in [3.63, 3.8) is 0 Å². The van der Waals surface area contributed by atoms with Crippen molar-refractivity contribution in [1.29, 1.82) is 0 Å². The first-order valence-electron chi connectivity index (χ1n) is 7.23. The maximum Gasteiger partial charge on any atom is 0.263 e. The predicted molar refractivity (Wildman–Crippen MR) is 88.0 cm³/mol. The number of hydrogen-bond donors (Lipinski definition) is 1. The number of amides is 1. The van der Waals surface area contributed by atoms with Crippen LogP contribution in [-0.4, -0.2) is 25.9 Å². The molecule has 7 heteroatoms. The van der Waals surface area contributed by atoms with E-state index in [1.807, 2.05) is 6.92 Å². The molecule has 0 atom stereocenters. The van der Waals surface area contributed by atoms with Crippen LogP contribution in [0.15, 0.2) is 41.4 Å². The molecule has 1 N–H and O–H groups in total. The van der Waals surface area contributed by atoms with Crippen molar-refractivity contribution in [2.45, 2.75) is 25.2 Å². The van der Waals surface area contributed by atoms with Gasteiger partial charge in [0.1, 0.15) is 5.82 Å². The monoisotopic (exact) mass is 331 g/mol. The zero-order valence-corrected chi connectivity index (χ0v) is 13.7. The number of carbonyl (C=O) groups is 1. The topological polar surface area (TPSA) is 79.4 Å². The molecule has 1 amide bonds. The number of carbonyl (C=O) groups excluding carboxylic acids is 1. The Morgan fingerprint density at radius 3 is 2.70 bits per heavy atom. The van der Waals surface area contributed by atoms with Gasteiger partial charge in [-0.05, 0) is 48.7 Å². The fourth-order valence-electron chi connectivity index (χ4n) is 2.60. The zero-order valence-electron chi connectivity index (χ0n) is 12.9. The third-order valence-corrected chi connectivity index (χ3v) is 5.14. The summed E-state index contributed by atoms with van der Waals surface area (Å²) < 4.78 is 27.4. The smallest absolute Gasteiger partial charge is 0.263 e. The van der Waals surface area contributed by atoms with Crippen LogP contribution in [0.5, 0.6) is 0 Å². The highest BCUT2D eigenvalue weighted by molar-refractivity contribution is 7.92. The zero-order chi connectivity index (χ0) is 16.6. The van der Waals surface area contributed by atoms with Gasteiger partial charge in [-0.15, -0.1) is 0 Å². The number of fused-ring (bicyclic) bond motifs is 1. The molecule has 1 aliphatic heterocycles. The van der Waals surface area contributed by atoms with Gasteiger partial charge in [0.2, 0.25) is 5.91 Å². The Labute approximate surface area is 135 Å². The van der Waals surface area contributed by atoms with Crippen LogP contribution in [0.4, 0.5) is 11.5 Å². The lowest BCUT2D eigenvalue weighted by molar-refractivity contribution is -0.116. The van der Waals surface area contributed by atoms with E-state index in [-0.39, 0.29) is 16.6 Å². The molecular formula is C16H17N3O3S. The molecule has 1 aliphatic rings. The Kier molecular flexibility index (Phi) is 3.81. The Bertz CT molecular complexity index is 861. The van der Waals surface area contributed by atoms with Crippen LogP contribution >= 0.6 is 0 Å². The van der Waals surface area contributed by atoms with Gasteiger partial charge < -0.3 is 4.90 Å². The van der Waals surface area contributed by atoms with Crippen LogP contribution in [0.2, 0.25) is 0 Å². The van der Waals surface area contributed by atoms with E-state index in [0.717, 1.165) is 16.8 Å². The first kappa shape index (κ1) is 15.5. The lowest BCUT2D eigenvalue weighted by Crippen LogP contribution is -2.25. The van der Waals surface area contributed by atoms with E-state index < -0.39 is 10.0 Å². The van der Waals surface area contributed by atoms with Crippen molar-refractivity contribution in [2.75, 3.05) is 16.2 Å². The second kappa shape index (κ2) is 5.66. The van der Waals surface area contributed by atoms with Gasteiger partial charge in [0.15, 0.2) is 0 Å². The second-order valence-electron chi connectivity index (χ2n) is 5.54. The maximum atomic E-state index is 12.5. The van der Waals surface area contributed by atoms with Crippen LogP contribution in [0, 0.1) is 6.92 Å². The molecule has 23 heavy (non-hydrogen) atoms. The molecule has 120 valence electrons. The van der Waals surface area contributed by atoms with Crippen molar-refractivity contribution in [3.05, 3.63) is 47.7 Å². The van der Waals surface area contributed by atoms with Gasteiger partial charge in [-0.1, -0.05) is 6.07 Å². The summed E-state index contributed by atoms with van der Waals surface area (Å²) in [5.41, 5.74) is 2.60. The Balaban J connectivity index is 1.89. The average Bonchev–Trinajstić information content (AvgIpc) is 2.92. The third kappa shape index (κ3) is 3.05. The maximum absolute atomic E-state index is 12.5. The third-order valence-electron chi connectivity index (χ3n) is 3.79. The number of aryl methyl sites for hydroxylation is 1. The number of benzene rings is 1. The number of nitrogens with one attached hydrogen (secondary N) is 1. The summed E-state index contributed by atoms with van der Waals surface area (Å²) in [5, 5.41) is 0.